The van der Waals surface area contributed by atoms with Gasteiger partial charge in [0.2, 0.25) is 0 Å². The Morgan fingerprint density at radius 2 is 1.14 bits per heavy atom. The maximum atomic E-state index is 6.39. The summed E-state index contributed by atoms with van der Waals surface area (Å²) in [4.78, 5) is 0. The van der Waals surface area contributed by atoms with Gasteiger partial charge in [-0.1, -0.05) is 30.3 Å². The third-order valence-electron chi connectivity index (χ3n) is 6.91. The van der Waals surface area contributed by atoms with Crippen molar-refractivity contribution in [2.45, 2.75) is 91.0 Å². The molecule has 1 aromatic carbocycles. The Labute approximate surface area is 171 Å². The largest absolute Gasteiger partial charge is 0.490 e. The van der Waals surface area contributed by atoms with Crippen LogP contribution in [0.1, 0.15) is 67.9 Å². The molecule has 2 fully saturated rings. The van der Waals surface area contributed by atoms with Gasteiger partial charge in [0.15, 0.2) is 0 Å². The average Bonchev–Trinajstić information content (AvgIpc) is 2.91. The van der Waals surface area contributed by atoms with E-state index >= 15 is 0 Å². The monoisotopic (exact) mass is 384 g/mol. The van der Waals surface area contributed by atoms with Crippen molar-refractivity contribution in [3.8, 4) is 0 Å². The van der Waals surface area contributed by atoms with Crippen molar-refractivity contribution in [1.82, 2.24) is 0 Å². The van der Waals surface area contributed by atoms with Crippen LogP contribution in [0.2, 0.25) is 6.32 Å². The minimum absolute atomic E-state index is 0.335. The van der Waals surface area contributed by atoms with Crippen molar-refractivity contribution >= 4 is 19.8 Å². The molecule has 0 atom stereocenters. The third kappa shape index (κ3) is 3.85. The normalized spacial score (nSPS) is 25.8. The second-order valence-electron chi connectivity index (χ2n) is 9.99. The van der Waals surface area contributed by atoms with Gasteiger partial charge in [0, 0.05) is 6.32 Å². The standard InChI is InChI=1S/C22H34B2O4/c1-16(17-13-11-10-12-14-17)18(24-27-21(6,7)22(8,9)28-24)15-23-25-19(2,3)20(4,5)26-23/h10-14H,15H2,1-9H3/b18-16+. The second-order valence-corrected chi connectivity index (χ2v) is 9.99. The highest BCUT2D eigenvalue weighted by molar-refractivity contribution is 6.61. The van der Waals surface area contributed by atoms with Crippen LogP contribution >= 0.6 is 0 Å². The van der Waals surface area contributed by atoms with E-state index in [1.807, 2.05) is 6.07 Å². The Morgan fingerprint density at radius 1 is 0.714 bits per heavy atom. The first-order valence-electron chi connectivity index (χ1n) is 10.2. The fourth-order valence-electron chi connectivity index (χ4n) is 3.51. The molecule has 2 aliphatic heterocycles. The van der Waals surface area contributed by atoms with Gasteiger partial charge >= 0.3 is 14.2 Å². The summed E-state index contributed by atoms with van der Waals surface area (Å²) in [5.74, 6) is 0. The molecule has 0 amide bonds. The molecule has 152 valence electrons. The van der Waals surface area contributed by atoms with E-state index < -0.39 is 18.3 Å². The SMILES string of the molecule is C/C(=C(/CB1OC(C)(C)C(C)(C)O1)B1OC(C)(C)C(C)(C)O1)c1ccccc1. The van der Waals surface area contributed by atoms with Crippen LogP contribution in [0.25, 0.3) is 5.57 Å². The molecule has 0 unspecified atom stereocenters. The number of benzene rings is 1. The van der Waals surface area contributed by atoms with Gasteiger partial charge in [-0.25, -0.2) is 0 Å². The van der Waals surface area contributed by atoms with Crippen LogP contribution in [-0.4, -0.2) is 36.6 Å². The van der Waals surface area contributed by atoms with Crippen LogP contribution in [0.5, 0.6) is 0 Å². The zero-order valence-corrected chi connectivity index (χ0v) is 18.9. The molecule has 0 radical (unpaired) electrons. The fraction of sp³-hybridized carbons (Fsp3) is 0.636. The van der Waals surface area contributed by atoms with Crippen molar-refractivity contribution in [3.05, 3.63) is 41.4 Å². The lowest BCUT2D eigenvalue weighted by Crippen LogP contribution is -2.41. The first-order chi connectivity index (χ1) is 12.8. The van der Waals surface area contributed by atoms with E-state index in [1.165, 1.54) is 0 Å². The molecule has 2 aliphatic rings. The highest BCUT2D eigenvalue weighted by atomic mass is 16.7. The van der Waals surface area contributed by atoms with Gasteiger partial charge in [-0.15, -0.1) is 0 Å². The lowest BCUT2D eigenvalue weighted by atomic mass is 9.63. The molecule has 28 heavy (non-hydrogen) atoms. The highest BCUT2D eigenvalue weighted by Gasteiger charge is 2.55. The number of hydrogen-bond donors (Lipinski definition) is 0. The predicted octanol–water partition coefficient (Wildman–Crippen LogP) is 5.18. The molecule has 6 heteroatoms. The molecule has 3 rings (SSSR count). The van der Waals surface area contributed by atoms with Crippen LogP contribution in [0.4, 0.5) is 0 Å². The van der Waals surface area contributed by atoms with E-state index in [4.69, 9.17) is 18.6 Å². The summed E-state index contributed by atoms with van der Waals surface area (Å²) in [7, 11) is -0.762. The van der Waals surface area contributed by atoms with E-state index in [2.05, 4.69) is 86.6 Å². The molecular weight excluding hydrogens is 350 g/mol. The van der Waals surface area contributed by atoms with Gasteiger partial charge in [-0.05, 0) is 78.9 Å². The molecule has 2 heterocycles. The Hall–Kier alpha value is -1.07. The first-order valence-corrected chi connectivity index (χ1v) is 10.2. The van der Waals surface area contributed by atoms with E-state index in [-0.39, 0.29) is 18.3 Å². The Balaban J connectivity index is 1.96. The molecular formula is C22H34B2O4. The molecule has 0 aromatic heterocycles. The second kappa shape index (κ2) is 7.02. The molecule has 2 saturated heterocycles. The van der Waals surface area contributed by atoms with Crippen LogP contribution in [0.3, 0.4) is 0 Å². The number of allylic oxidation sites excluding steroid dienone is 2. The van der Waals surface area contributed by atoms with Gasteiger partial charge < -0.3 is 18.6 Å². The van der Waals surface area contributed by atoms with Gasteiger partial charge in [-0.3, -0.25) is 0 Å². The fourth-order valence-corrected chi connectivity index (χ4v) is 3.51. The Morgan fingerprint density at radius 3 is 1.61 bits per heavy atom. The average molecular weight is 384 g/mol. The van der Waals surface area contributed by atoms with Gasteiger partial charge in [0.1, 0.15) is 0 Å². The van der Waals surface area contributed by atoms with Crippen molar-refractivity contribution in [3.63, 3.8) is 0 Å². The van der Waals surface area contributed by atoms with Crippen molar-refractivity contribution in [1.29, 1.82) is 0 Å². The zero-order valence-electron chi connectivity index (χ0n) is 18.9. The summed E-state index contributed by atoms with van der Waals surface area (Å²) in [6.07, 6.45) is 0.602. The minimum Gasteiger partial charge on any atom is -0.403 e. The zero-order chi connectivity index (χ0) is 21.0. The Kier molecular flexibility index (Phi) is 5.42. The summed E-state index contributed by atoms with van der Waals surface area (Å²) >= 11 is 0. The van der Waals surface area contributed by atoms with Gasteiger partial charge in [0.25, 0.3) is 0 Å². The predicted molar refractivity (Wildman–Crippen MR) is 116 cm³/mol. The smallest absolute Gasteiger partial charge is 0.403 e. The van der Waals surface area contributed by atoms with Gasteiger partial charge in [-0.2, -0.15) is 0 Å². The van der Waals surface area contributed by atoms with E-state index in [9.17, 15) is 0 Å². The molecule has 0 aliphatic carbocycles. The minimum atomic E-state index is -0.427. The van der Waals surface area contributed by atoms with Crippen molar-refractivity contribution < 1.29 is 18.6 Å². The van der Waals surface area contributed by atoms with Crippen molar-refractivity contribution in [2.75, 3.05) is 0 Å². The maximum absolute atomic E-state index is 6.39. The number of rotatable bonds is 4. The summed E-state index contributed by atoms with van der Waals surface area (Å²) in [6.45, 7) is 18.8. The molecule has 0 saturated carbocycles. The lowest BCUT2D eigenvalue weighted by Gasteiger charge is -2.32. The summed E-state index contributed by atoms with van der Waals surface area (Å²) in [5, 5.41) is 0. The summed E-state index contributed by atoms with van der Waals surface area (Å²) < 4.78 is 25.3. The van der Waals surface area contributed by atoms with Crippen LogP contribution < -0.4 is 0 Å². The molecule has 1 aromatic rings. The lowest BCUT2D eigenvalue weighted by molar-refractivity contribution is 0.00578. The van der Waals surface area contributed by atoms with E-state index in [1.54, 1.807) is 0 Å². The summed E-state index contributed by atoms with van der Waals surface area (Å²) in [6, 6.07) is 10.4. The third-order valence-corrected chi connectivity index (χ3v) is 6.91. The highest BCUT2D eigenvalue weighted by Crippen LogP contribution is 2.43. The number of hydrogen-bond acceptors (Lipinski definition) is 4. The van der Waals surface area contributed by atoms with E-state index in [0.717, 1.165) is 16.6 Å². The van der Waals surface area contributed by atoms with Crippen molar-refractivity contribution in [2.24, 2.45) is 0 Å². The van der Waals surface area contributed by atoms with Gasteiger partial charge in [0.05, 0.1) is 22.4 Å². The first kappa shape index (κ1) is 21.6. The molecule has 0 bridgehead atoms. The quantitative estimate of drug-likeness (QED) is 0.671. The molecule has 0 N–H and O–H groups in total. The van der Waals surface area contributed by atoms with Crippen LogP contribution in [0.15, 0.2) is 35.8 Å². The van der Waals surface area contributed by atoms with Crippen LogP contribution in [0, 0.1) is 0 Å². The molecule has 4 nitrogen and oxygen atoms in total. The Bertz CT molecular complexity index is 721. The topological polar surface area (TPSA) is 36.9 Å². The summed E-state index contributed by atoms with van der Waals surface area (Å²) in [5.41, 5.74) is 1.87. The molecule has 0 spiro atoms. The van der Waals surface area contributed by atoms with Crippen LogP contribution in [-0.2, 0) is 18.6 Å². The van der Waals surface area contributed by atoms with E-state index in [0.29, 0.717) is 6.32 Å². The maximum Gasteiger partial charge on any atom is 0.490 e.